The zero-order valence-electron chi connectivity index (χ0n) is 9.94. The van der Waals surface area contributed by atoms with Crippen molar-refractivity contribution in [1.82, 2.24) is 14.5 Å². The van der Waals surface area contributed by atoms with E-state index < -0.39 is 0 Å². The third-order valence-corrected chi connectivity index (χ3v) is 3.18. The summed E-state index contributed by atoms with van der Waals surface area (Å²) in [6, 6.07) is 0. The molecule has 1 aromatic heterocycles. The molecule has 0 unspecified atom stereocenters. The molecule has 1 aromatic rings. The lowest BCUT2D eigenvalue weighted by atomic mass is 10.3. The number of nitrogens with zero attached hydrogens (tertiary/aromatic N) is 2. The van der Waals surface area contributed by atoms with Gasteiger partial charge in [-0.2, -0.15) is 0 Å². The minimum absolute atomic E-state index is 0.175. The topological polar surface area (TPSA) is 50.3 Å². The first-order valence-corrected chi connectivity index (χ1v) is 6.19. The van der Waals surface area contributed by atoms with E-state index in [1.807, 2.05) is 22.6 Å². The third kappa shape index (κ3) is 3.17. The van der Waals surface area contributed by atoms with Gasteiger partial charge in [0.25, 0.3) is 0 Å². The molecular formula is C11H17N3O2S. The van der Waals surface area contributed by atoms with E-state index in [0.29, 0.717) is 44.0 Å². The van der Waals surface area contributed by atoms with Crippen molar-refractivity contribution in [3.63, 3.8) is 0 Å². The maximum atomic E-state index is 11.9. The molecule has 2 heterocycles. The lowest BCUT2D eigenvalue weighted by Gasteiger charge is -2.26. The number of ether oxygens (including phenoxy) is 1. The lowest BCUT2D eigenvalue weighted by molar-refractivity contribution is -0.135. The Morgan fingerprint density at radius 1 is 1.53 bits per heavy atom. The van der Waals surface area contributed by atoms with Gasteiger partial charge in [0.05, 0.1) is 13.2 Å². The molecule has 1 aliphatic rings. The van der Waals surface area contributed by atoms with Crippen molar-refractivity contribution in [3.8, 4) is 0 Å². The summed E-state index contributed by atoms with van der Waals surface area (Å²) in [5, 5.41) is 0. The maximum Gasteiger partial charge on any atom is 0.224 e. The van der Waals surface area contributed by atoms with Gasteiger partial charge in [-0.3, -0.25) is 4.79 Å². The van der Waals surface area contributed by atoms with Crippen LogP contribution in [0.2, 0.25) is 0 Å². The molecule has 0 saturated carbocycles. The summed E-state index contributed by atoms with van der Waals surface area (Å²) in [6.45, 7) is 5.30. The highest BCUT2D eigenvalue weighted by atomic mass is 32.1. The van der Waals surface area contributed by atoms with Gasteiger partial charge >= 0.3 is 0 Å². The summed E-state index contributed by atoms with van der Waals surface area (Å²) >= 11 is 5.14. The number of morpholine rings is 1. The fourth-order valence-electron chi connectivity index (χ4n) is 1.92. The van der Waals surface area contributed by atoms with E-state index in [0.717, 1.165) is 5.69 Å². The predicted molar refractivity (Wildman–Crippen MR) is 66.4 cm³/mol. The number of aromatic nitrogens is 2. The van der Waals surface area contributed by atoms with Crippen molar-refractivity contribution >= 4 is 18.1 Å². The minimum atomic E-state index is 0.175. The van der Waals surface area contributed by atoms with Gasteiger partial charge < -0.3 is 19.2 Å². The standard InChI is InChI=1S/C11H17N3O2S/c1-9-8-14(11(17)12-9)3-2-10(15)13-4-6-16-7-5-13/h8H,2-7H2,1H3,(H,12,17). The van der Waals surface area contributed by atoms with Crippen LogP contribution in [0.15, 0.2) is 6.20 Å². The van der Waals surface area contributed by atoms with Gasteiger partial charge in [0.15, 0.2) is 4.77 Å². The molecule has 6 heteroatoms. The fourth-order valence-corrected chi connectivity index (χ4v) is 2.22. The van der Waals surface area contributed by atoms with Gasteiger partial charge in [0, 0.05) is 37.9 Å². The summed E-state index contributed by atoms with van der Waals surface area (Å²) < 4.78 is 7.80. The second kappa shape index (κ2) is 5.46. The number of carbonyl (C=O) groups is 1. The van der Waals surface area contributed by atoms with Crippen LogP contribution in [0.25, 0.3) is 0 Å². The molecule has 0 aromatic carbocycles. The van der Waals surface area contributed by atoms with Crippen LogP contribution < -0.4 is 0 Å². The minimum Gasteiger partial charge on any atom is -0.378 e. The van der Waals surface area contributed by atoms with Crippen molar-refractivity contribution in [2.75, 3.05) is 26.3 Å². The Balaban J connectivity index is 1.87. The molecule has 2 rings (SSSR count). The molecule has 94 valence electrons. The molecule has 0 spiro atoms. The molecule has 0 aliphatic carbocycles. The van der Waals surface area contributed by atoms with E-state index >= 15 is 0 Å². The molecule has 0 atom stereocenters. The molecule has 1 amide bonds. The first-order valence-electron chi connectivity index (χ1n) is 5.78. The van der Waals surface area contributed by atoms with Crippen LogP contribution in [0.5, 0.6) is 0 Å². The van der Waals surface area contributed by atoms with Crippen LogP contribution >= 0.6 is 12.2 Å². The van der Waals surface area contributed by atoms with Gasteiger partial charge in [0.1, 0.15) is 0 Å². The van der Waals surface area contributed by atoms with Crippen LogP contribution in [0.1, 0.15) is 12.1 Å². The Hall–Kier alpha value is -1.14. The SMILES string of the molecule is Cc1cn(CCC(=O)N2CCOCC2)c(=S)[nH]1. The molecule has 1 fully saturated rings. The number of hydrogen-bond acceptors (Lipinski definition) is 3. The molecule has 1 saturated heterocycles. The number of aryl methyl sites for hydroxylation is 2. The molecule has 0 radical (unpaired) electrons. The Bertz CT molecular complexity index is 446. The summed E-state index contributed by atoms with van der Waals surface area (Å²) in [7, 11) is 0. The highest BCUT2D eigenvalue weighted by molar-refractivity contribution is 7.71. The van der Waals surface area contributed by atoms with Gasteiger partial charge in [-0.25, -0.2) is 0 Å². The summed E-state index contributed by atoms with van der Waals surface area (Å²) in [6.07, 6.45) is 2.43. The number of aromatic amines is 1. The monoisotopic (exact) mass is 255 g/mol. The van der Waals surface area contributed by atoms with Crippen molar-refractivity contribution in [2.45, 2.75) is 19.9 Å². The third-order valence-electron chi connectivity index (χ3n) is 2.84. The van der Waals surface area contributed by atoms with E-state index in [9.17, 15) is 4.79 Å². The number of carbonyl (C=O) groups excluding carboxylic acids is 1. The number of H-pyrrole nitrogens is 1. The van der Waals surface area contributed by atoms with Crippen molar-refractivity contribution < 1.29 is 9.53 Å². The fraction of sp³-hybridized carbons (Fsp3) is 0.636. The van der Waals surface area contributed by atoms with Gasteiger partial charge in [-0.15, -0.1) is 0 Å². The highest BCUT2D eigenvalue weighted by Gasteiger charge is 2.16. The van der Waals surface area contributed by atoms with Crippen LogP contribution in [0.3, 0.4) is 0 Å². The van der Waals surface area contributed by atoms with Gasteiger partial charge in [0.2, 0.25) is 5.91 Å². The van der Waals surface area contributed by atoms with E-state index in [-0.39, 0.29) is 5.91 Å². The number of amides is 1. The number of hydrogen-bond donors (Lipinski definition) is 1. The van der Waals surface area contributed by atoms with Crippen molar-refractivity contribution in [1.29, 1.82) is 0 Å². The number of imidazole rings is 1. The van der Waals surface area contributed by atoms with Gasteiger partial charge in [-0.1, -0.05) is 0 Å². The average molecular weight is 255 g/mol. The molecule has 1 aliphatic heterocycles. The normalized spacial score (nSPS) is 16.2. The smallest absolute Gasteiger partial charge is 0.224 e. The van der Waals surface area contributed by atoms with Crippen LogP contribution in [0.4, 0.5) is 0 Å². The molecule has 17 heavy (non-hydrogen) atoms. The Kier molecular flexibility index (Phi) is 3.96. The zero-order valence-corrected chi connectivity index (χ0v) is 10.8. The Morgan fingerprint density at radius 2 is 2.24 bits per heavy atom. The van der Waals surface area contributed by atoms with E-state index in [1.165, 1.54) is 0 Å². The molecule has 1 N–H and O–H groups in total. The van der Waals surface area contributed by atoms with Crippen LogP contribution in [0, 0.1) is 11.7 Å². The van der Waals surface area contributed by atoms with E-state index in [4.69, 9.17) is 17.0 Å². The van der Waals surface area contributed by atoms with E-state index in [2.05, 4.69) is 4.98 Å². The van der Waals surface area contributed by atoms with E-state index in [1.54, 1.807) is 0 Å². The maximum absolute atomic E-state index is 11.9. The van der Waals surface area contributed by atoms with Crippen molar-refractivity contribution in [3.05, 3.63) is 16.7 Å². The highest BCUT2D eigenvalue weighted by Crippen LogP contribution is 2.03. The number of rotatable bonds is 3. The summed E-state index contributed by atoms with van der Waals surface area (Å²) in [5.74, 6) is 0.175. The van der Waals surface area contributed by atoms with Crippen LogP contribution in [-0.2, 0) is 16.1 Å². The average Bonchev–Trinajstić information content (AvgIpc) is 2.66. The predicted octanol–water partition coefficient (Wildman–Crippen LogP) is 1.10. The first-order chi connectivity index (χ1) is 8.16. The lowest BCUT2D eigenvalue weighted by Crippen LogP contribution is -2.40. The van der Waals surface area contributed by atoms with Crippen molar-refractivity contribution in [2.24, 2.45) is 0 Å². The molecular weight excluding hydrogens is 238 g/mol. The van der Waals surface area contributed by atoms with Gasteiger partial charge in [-0.05, 0) is 19.1 Å². The Morgan fingerprint density at radius 3 is 2.82 bits per heavy atom. The Labute approximate surface area is 105 Å². The second-order valence-electron chi connectivity index (χ2n) is 4.18. The summed E-state index contributed by atoms with van der Waals surface area (Å²) in [5.41, 5.74) is 1.02. The number of nitrogens with one attached hydrogen (secondary N) is 1. The molecule has 5 nitrogen and oxygen atoms in total. The first kappa shape index (κ1) is 12.3. The quantitative estimate of drug-likeness (QED) is 0.823. The van der Waals surface area contributed by atoms with Crippen LogP contribution in [-0.4, -0.2) is 46.7 Å². The largest absolute Gasteiger partial charge is 0.378 e. The summed E-state index contributed by atoms with van der Waals surface area (Å²) in [4.78, 5) is 16.8. The molecule has 0 bridgehead atoms. The second-order valence-corrected chi connectivity index (χ2v) is 4.57. The zero-order chi connectivity index (χ0) is 12.3.